The molecule has 1 unspecified atom stereocenters. The van der Waals surface area contributed by atoms with E-state index in [1.807, 2.05) is 0 Å². The molecule has 1 saturated carbocycles. The van der Waals surface area contributed by atoms with E-state index in [4.69, 9.17) is 10.6 Å². The molecule has 3 fully saturated rings. The molecule has 17 nitrogen and oxygen atoms in total. The second kappa shape index (κ2) is 17.4. The summed E-state index contributed by atoms with van der Waals surface area (Å²) < 4.78 is 32.8. The van der Waals surface area contributed by atoms with Gasteiger partial charge in [0.25, 0.3) is 5.91 Å². The van der Waals surface area contributed by atoms with Gasteiger partial charge in [0.15, 0.2) is 22.1 Å². The number of nitrogens with one attached hydrogen (secondary N) is 3. The van der Waals surface area contributed by atoms with E-state index < -0.39 is 75.0 Å². The van der Waals surface area contributed by atoms with Crippen molar-refractivity contribution in [3.63, 3.8) is 0 Å². The number of hydrogen-bond acceptors (Lipinski definition) is 15. The molecule has 1 aliphatic carbocycles. The van der Waals surface area contributed by atoms with Gasteiger partial charge in [-0.1, -0.05) is 5.16 Å². The predicted molar refractivity (Wildman–Crippen MR) is 185 cm³/mol. The molecule has 0 radical (unpaired) electrons. The van der Waals surface area contributed by atoms with E-state index >= 15 is 8.78 Å². The zero-order chi connectivity index (χ0) is 37.7. The van der Waals surface area contributed by atoms with Gasteiger partial charge in [-0.15, -0.1) is 23.1 Å². The normalized spacial score (nSPS) is 20.5. The molecule has 1 aromatic carbocycles. The van der Waals surface area contributed by atoms with Gasteiger partial charge in [0.2, 0.25) is 0 Å². The molecule has 5 N–H and O–H groups in total. The number of thiazole rings is 1. The number of benzene rings is 1. The summed E-state index contributed by atoms with van der Waals surface area (Å²) in [6.07, 6.45) is 2.63. The van der Waals surface area contributed by atoms with Gasteiger partial charge in [0.05, 0.1) is 45.5 Å². The molecule has 0 spiro atoms. The van der Waals surface area contributed by atoms with Crippen LogP contribution in [0.3, 0.4) is 0 Å². The minimum absolute atomic E-state index is 0. The maximum Gasteiger partial charge on any atom is 1.00 e. The molecule has 5 heterocycles. The van der Waals surface area contributed by atoms with Gasteiger partial charge in [-0.05, 0) is 30.9 Å². The number of rotatable bonds is 11. The van der Waals surface area contributed by atoms with Gasteiger partial charge in [-0.3, -0.25) is 9.59 Å². The van der Waals surface area contributed by atoms with Crippen molar-refractivity contribution in [1.82, 2.24) is 30.4 Å². The van der Waals surface area contributed by atoms with Crippen LogP contribution in [-0.2, 0) is 14.4 Å². The van der Waals surface area contributed by atoms with Crippen molar-refractivity contribution in [2.45, 2.75) is 42.8 Å². The number of carbonyl (C=O) groups is 4. The second-order valence-corrected chi connectivity index (χ2v) is 14.8. The van der Waals surface area contributed by atoms with Crippen LogP contribution in [0.2, 0.25) is 0 Å². The van der Waals surface area contributed by atoms with Crippen LogP contribution in [0.5, 0.6) is 0 Å². The Balaban J connectivity index is 0.00000290. The zero-order valence-electron chi connectivity index (χ0n) is 29.9. The van der Waals surface area contributed by atoms with Crippen molar-refractivity contribution in [1.29, 1.82) is 0 Å². The molecule has 0 bridgehead atoms. The fraction of sp³-hybridized carbons (Fsp3) is 0.406. The number of nitrogen functional groups attached to an aromatic ring is 1. The number of carboxylic acids is 2. The minimum Gasteiger partial charge on any atom is -0.545 e. The average molecular weight is 818 g/mol. The summed E-state index contributed by atoms with van der Waals surface area (Å²) in [6.45, 7) is 0.206. The molecule has 2 saturated heterocycles. The van der Waals surface area contributed by atoms with Crippen LogP contribution in [0.1, 0.15) is 41.4 Å². The van der Waals surface area contributed by atoms with E-state index in [9.17, 15) is 34.2 Å². The summed E-state index contributed by atoms with van der Waals surface area (Å²) in [7, 11) is 1.28. The molecule has 3 amide bonds. The van der Waals surface area contributed by atoms with Crippen LogP contribution in [0.4, 0.5) is 24.4 Å². The van der Waals surface area contributed by atoms with Crippen LogP contribution >= 0.6 is 23.1 Å². The summed E-state index contributed by atoms with van der Waals surface area (Å²) in [4.78, 5) is 74.3. The number of halogens is 2. The molecule has 280 valence electrons. The molecule has 55 heavy (non-hydrogen) atoms. The number of fused-ring (bicyclic) bond motifs is 2. The van der Waals surface area contributed by atoms with Crippen molar-refractivity contribution in [2.75, 3.05) is 49.7 Å². The van der Waals surface area contributed by atoms with Crippen molar-refractivity contribution in [3.8, 4) is 0 Å². The quantitative estimate of drug-likeness (QED) is 0.0801. The maximum absolute atomic E-state index is 16.0. The number of amides is 3. The molecule has 3 atom stereocenters. The van der Waals surface area contributed by atoms with Gasteiger partial charge in [0, 0.05) is 55.6 Å². The summed E-state index contributed by atoms with van der Waals surface area (Å²) in [5, 5.41) is 36.7. The fourth-order valence-corrected chi connectivity index (χ4v) is 8.74. The Morgan fingerprint density at radius 3 is 2.49 bits per heavy atom. The number of hydrogen-bond donors (Lipinski definition) is 4. The standard InChI is InChI=1S/C32H33F2N9O8S2.2Na/c1-51-40-22(20-12-53-31(35)39-20)27(45)38-19-10-43-23(30(48)49)13(11-52-28(19)43)7-36-32(50)37-14-4-5-41(8-14)25-18(33)6-16-24(21(25)34)42(15-2-3-15)9-17(26(16)44)29(46)47;;/h6,9,12,14-15,19,28H,2-5,7-8,10-11H2,1H3,(H2,35,39)(H,38,45)(H,46,47)(H,48,49)(H2,36,37,50);;/q;2*+1/p-2/t14?,19-,28-;;/m1../s1. The second-order valence-electron chi connectivity index (χ2n) is 12.8. The molecular formula is C32H31F2N9Na2O8S2. The molecule has 3 aliphatic heterocycles. The van der Waals surface area contributed by atoms with Gasteiger partial charge in [-0.2, -0.15) is 0 Å². The van der Waals surface area contributed by atoms with Crippen molar-refractivity contribution >= 4 is 74.4 Å². The number of nitrogens with two attached hydrogens (primary N) is 1. The Bertz CT molecular complexity index is 2180. The van der Waals surface area contributed by atoms with E-state index in [-0.39, 0.29) is 125 Å². The molecule has 2 aromatic heterocycles. The van der Waals surface area contributed by atoms with Crippen molar-refractivity contribution in [2.24, 2.45) is 5.16 Å². The van der Waals surface area contributed by atoms with Crippen LogP contribution in [-0.4, -0.2) is 101 Å². The number of carbonyl (C=O) groups excluding carboxylic acids is 4. The van der Waals surface area contributed by atoms with E-state index in [1.54, 1.807) is 10.3 Å². The number of aliphatic carboxylic acids is 1. The smallest absolute Gasteiger partial charge is 0.545 e. The van der Waals surface area contributed by atoms with Crippen LogP contribution in [0.15, 0.2) is 38.9 Å². The molecule has 3 aromatic rings. The third-order valence-corrected chi connectivity index (χ3v) is 11.5. The van der Waals surface area contributed by atoms with E-state index in [2.05, 4.69) is 26.1 Å². The first-order valence-electron chi connectivity index (χ1n) is 16.4. The van der Waals surface area contributed by atoms with Crippen molar-refractivity contribution < 1.29 is 102 Å². The third kappa shape index (κ3) is 8.48. The average Bonchev–Trinajstić information content (AvgIpc) is 3.70. The summed E-state index contributed by atoms with van der Waals surface area (Å²) in [5.41, 5.74) is 3.82. The Labute approximate surface area is 363 Å². The molecular weight excluding hydrogens is 787 g/mol. The Kier molecular flexibility index (Phi) is 13.5. The summed E-state index contributed by atoms with van der Waals surface area (Å²) in [6, 6.07) is -1.02. The van der Waals surface area contributed by atoms with Crippen LogP contribution in [0.25, 0.3) is 10.9 Å². The Morgan fingerprint density at radius 1 is 1.11 bits per heavy atom. The first kappa shape index (κ1) is 42.7. The SMILES string of the molecule is CON=C(C(=O)N[C@@H]1CN2C(C(=O)[O-])=C(CNC(=O)NC3CCN(c4c(F)cc5c(=O)c(C(=O)[O-])cn(C6CC6)c5c4F)C3)CS[C@H]12)c1csc(N)n1.[Na+].[Na+]. The fourth-order valence-electron chi connectivity index (χ4n) is 6.82. The summed E-state index contributed by atoms with van der Waals surface area (Å²) >= 11 is 2.49. The molecule has 4 aliphatic rings. The van der Waals surface area contributed by atoms with Crippen LogP contribution in [0, 0.1) is 11.6 Å². The van der Waals surface area contributed by atoms with Crippen molar-refractivity contribution in [3.05, 3.63) is 62.0 Å². The largest absolute Gasteiger partial charge is 1.00 e. The Hall–Kier alpha value is -3.44. The van der Waals surface area contributed by atoms with Gasteiger partial charge in [0.1, 0.15) is 24.3 Å². The first-order valence-corrected chi connectivity index (χ1v) is 18.3. The number of aromatic carboxylic acids is 1. The summed E-state index contributed by atoms with van der Waals surface area (Å²) in [5.74, 6) is -5.59. The van der Waals surface area contributed by atoms with E-state index in [0.717, 1.165) is 23.6 Å². The number of oxime groups is 1. The van der Waals surface area contributed by atoms with Gasteiger partial charge < -0.3 is 60.7 Å². The number of carboxylic acid groups (broad SMARTS) is 2. The van der Waals surface area contributed by atoms with Crippen LogP contribution < -0.4 is 101 Å². The first-order chi connectivity index (χ1) is 25.4. The number of nitrogens with zero attached hydrogens (tertiary/aromatic N) is 5. The molecule has 23 heteroatoms. The maximum atomic E-state index is 16.0. The third-order valence-electron chi connectivity index (χ3n) is 9.41. The number of urea groups is 1. The molecule has 7 rings (SSSR count). The number of thioether (sulfide) groups is 1. The predicted octanol–water partition coefficient (Wildman–Crippen LogP) is -7.17. The zero-order valence-corrected chi connectivity index (χ0v) is 35.5. The van der Waals surface area contributed by atoms with E-state index in [1.165, 1.54) is 28.3 Å². The minimum atomic E-state index is -1.74. The number of aromatic nitrogens is 2. The van der Waals surface area contributed by atoms with E-state index in [0.29, 0.717) is 24.8 Å². The van der Waals surface area contributed by atoms with Gasteiger partial charge in [-0.25, -0.2) is 18.6 Å². The monoisotopic (exact) mass is 817 g/mol. The van der Waals surface area contributed by atoms with Gasteiger partial charge >= 0.3 is 65.1 Å². The number of pyridine rings is 1. The topological polar surface area (TPSA) is 239 Å². The number of anilines is 2. The Morgan fingerprint density at radius 2 is 1.85 bits per heavy atom.